The van der Waals surface area contributed by atoms with Gasteiger partial charge >= 0.3 is 0 Å². The molecule has 5 heteroatoms. The lowest BCUT2D eigenvalue weighted by molar-refractivity contribution is -0.131. The highest BCUT2D eigenvalue weighted by molar-refractivity contribution is 6.31. The second-order valence-electron chi connectivity index (χ2n) is 4.25. The number of benzene rings is 1. The number of carbonyl (C=O) groups excluding carboxylic acids is 1. The number of amides is 1. The molecule has 0 unspecified atom stereocenters. The van der Waals surface area contributed by atoms with Gasteiger partial charge in [-0.3, -0.25) is 4.79 Å². The molecule has 0 radical (unpaired) electrons. The van der Waals surface area contributed by atoms with Gasteiger partial charge in [0.25, 0.3) is 0 Å². The van der Waals surface area contributed by atoms with Crippen molar-refractivity contribution < 1.29 is 9.18 Å². The van der Waals surface area contributed by atoms with Crippen LogP contribution < -0.4 is 0 Å². The quantitative estimate of drug-likeness (QED) is 0.761. The van der Waals surface area contributed by atoms with Crippen molar-refractivity contribution in [2.45, 2.75) is 26.3 Å². The summed E-state index contributed by atoms with van der Waals surface area (Å²) in [4.78, 5) is 13.7. The number of hydrogen-bond donors (Lipinski definition) is 0. The number of halogens is 3. The van der Waals surface area contributed by atoms with Crippen molar-refractivity contribution in [3.8, 4) is 0 Å². The van der Waals surface area contributed by atoms with Gasteiger partial charge in [0.1, 0.15) is 5.82 Å². The highest BCUT2D eigenvalue weighted by Gasteiger charge is 2.19. The summed E-state index contributed by atoms with van der Waals surface area (Å²) in [5.74, 6) is -0.266. The smallest absolute Gasteiger partial charge is 0.227 e. The molecule has 100 valence electrons. The predicted octanol–water partition coefficient (Wildman–Crippen LogP) is 3.50. The maximum Gasteiger partial charge on any atom is 0.227 e. The highest BCUT2D eigenvalue weighted by Crippen LogP contribution is 2.20. The molecule has 1 aromatic rings. The van der Waals surface area contributed by atoms with Crippen LogP contribution in [-0.2, 0) is 11.2 Å². The molecule has 18 heavy (non-hydrogen) atoms. The molecule has 1 amide bonds. The first-order valence-corrected chi connectivity index (χ1v) is 6.67. The number of nitrogens with zero attached hydrogens (tertiary/aromatic N) is 1. The first-order valence-electron chi connectivity index (χ1n) is 5.75. The zero-order valence-corrected chi connectivity index (χ0v) is 11.9. The van der Waals surface area contributed by atoms with Gasteiger partial charge in [0.05, 0.1) is 6.42 Å². The van der Waals surface area contributed by atoms with Gasteiger partial charge in [-0.25, -0.2) is 4.39 Å². The SMILES string of the molecule is CC(C)N(CCCl)C(=O)Cc1c(F)cccc1Cl. The molecule has 1 rings (SSSR count). The molecule has 1 aromatic carbocycles. The average Bonchev–Trinajstić information content (AvgIpc) is 2.30. The van der Waals surface area contributed by atoms with Gasteiger partial charge in [0.2, 0.25) is 5.91 Å². The number of carbonyl (C=O) groups is 1. The summed E-state index contributed by atoms with van der Waals surface area (Å²) in [6.07, 6.45) is -0.0411. The molecule has 0 N–H and O–H groups in total. The van der Waals surface area contributed by atoms with E-state index in [-0.39, 0.29) is 29.0 Å². The molecule has 0 aromatic heterocycles. The second kappa shape index (κ2) is 6.95. The fourth-order valence-electron chi connectivity index (χ4n) is 1.72. The maximum absolute atomic E-state index is 13.6. The van der Waals surface area contributed by atoms with E-state index in [9.17, 15) is 9.18 Å². The van der Waals surface area contributed by atoms with Crippen molar-refractivity contribution in [2.75, 3.05) is 12.4 Å². The molecule has 0 heterocycles. The molecule has 0 aliphatic heterocycles. The van der Waals surface area contributed by atoms with Crippen LogP contribution in [0.25, 0.3) is 0 Å². The zero-order valence-electron chi connectivity index (χ0n) is 10.4. The minimum Gasteiger partial charge on any atom is -0.339 e. The summed E-state index contributed by atoms with van der Waals surface area (Å²) >= 11 is 11.6. The van der Waals surface area contributed by atoms with Gasteiger partial charge in [-0.1, -0.05) is 17.7 Å². The fraction of sp³-hybridized carbons (Fsp3) is 0.462. The van der Waals surface area contributed by atoms with Crippen LogP contribution in [0.3, 0.4) is 0 Å². The molecular weight excluding hydrogens is 276 g/mol. The molecule has 2 nitrogen and oxygen atoms in total. The molecule has 0 fully saturated rings. The van der Waals surface area contributed by atoms with Crippen LogP contribution in [0.1, 0.15) is 19.4 Å². The van der Waals surface area contributed by atoms with Crippen molar-refractivity contribution in [3.05, 3.63) is 34.6 Å². The van der Waals surface area contributed by atoms with Crippen LogP contribution >= 0.6 is 23.2 Å². The van der Waals surface area contributed by atoms with Crippen molar-refractivity contribution in [3.63, 3.8) is 0 Å². The van der Waals surface area contributed by atoms with Gasteiger partial charge in [-0.2, -0.15) is 0 Å². The third-order valence-corrected chi connectivity index (χ3v) is 3.18. The molecule has 0 aliphatic rings. The third kappa shape index (κ3) is 3.85. The van der Waals surface area contributed by atoms with E-state index in [4.69, 9.17) is 23.2 Å². The van der Waals surface area contributed by atoms with Gasteiger partial charge in [-0.05, 0) is 26.0 Å². The van der Waals surface area contributed by atoms with Crippen LogP contribution in [0.15, 0.2) is 18.2 Å². The summed E-state index contributed by atoms with van der Waals surface area (Å²) in [7, 11) is 0. The minimum atomic E-state index is -0.453. The minimum absolute atomic E-state index is 0.0294. The second-order valence-corrected chi connectivity index (χ2v) is 5.03. The van der Waals surface area contributed by atoms with E-state index in [1.165, 1.54) is 12.1 Å². The highest BCUT2D eigenvalue weighted by atomic mass is 35.5. The Morgan fingerprint density at radius 1 is 1.44 bits per heavy atom. The molecule has 0 aliphatic carbocycles. The lowest BCUT2D eigenvalue weighted by Crippen LogP contribution is -2.39. The summed E-state index contributed by atoms with van der Waals surface area (Å²) in [5.41, 5.74) is 0.240. The molecule has 0 saturated heterocycles. The van der Waals surface area contributed by atoms with Crippen LogP contribution in [0.5, 0.6) is 0 Å². The van der Waals surface area contributed by atoms with E-state index in [1.54, 1.807) is 11.0 Å². The van der Waals surface area contributed by atoms with Crippen LogP contribution in [0, 0.1) is 5.82 Å². The topological polar surface area (TPSA) is 20.3 Å². The Balaban J connectivity index is 2.86. The first-order chi connectivity index (χ1) is 8.47. The lowest BCUT2D eigenvalue weighted by atomic mass is 10.1. The molecular formula is C13H16Cl2FNO. The van der Waals surface area contributed by atoms with E-state index in [2.05, 4.69) is 0 Å². The Kier molecular flexibility index (Phi) is 5.89. The van der Waals surface area contributed by atoms with E-state index in [1.807, 2.05) is 13.8 Å². The zero-order chi connectivity index (χ0) is 13.7. The van der Waals surface area contributed by atoms with Gasteiger partial charge in [-0.15, -0.1) is 11.6 Å². The van der Waals surface area contributed by atoms with E-state index in [0.29, 0.717) is 12.4 Å². The van der Waals surface area contributed by atoms with E-state index in [0.717, 1.165) is 0 Å². The number of alkyl halides is 1. The standard InChI is InChI=1S/C13H16Cl2FNO/c1-9(2)17(7-6-14)13(18)8-10-11(15)4-3-5-12(10)16/h3-5,9H,6-8H2,1-2H3. The summed E-state index contributed by atoms with van der Waals surface area (Å²) < 4.78 is 13.6. The third-order valence-electron chi connectivity index (χ3n) is 2.66. The number of rotatable bonds is 5. The Morgan fingerprint density at radius 3 is 2.61 bits per heavy atom. The van der Waals surface area contributed by atoms with Crippen molar-refractivity contribution >= 4 is 29.1 Å². The largest absolute Gasteiger partial charge is 0.339 e. The summed E-state index contributed by atoms with van der Waals surface area (Å²) in [6.45, 7) is 4.24. The van der Waals surface area contributed by atoms with E-state index >= 15 is 0 Å². The first kappa shape index (κ1) is 15.3. The van der Waals surface area contributed by atoms with Gasteiger partial charge in [0, 0.05) is 29.1 Å². The molecule has 0 bridgehead atoms. The van der Waals surface area contributed by atoms with Gasteiger partial charge in [0.15, 0.2) is 0 Å². The van der Waals surface area contributed by atoms with Crippen molar-refractivity contribution in [1.82, 2.24) is 4.90 Å². The van der Waals surface area contributed by atoms with Gasteiger partial charge < -0.3 is 4.90 Å². The van der Waals surface area contributed by atoms with Crippen LogP contribution in [0.4, 0.5) is 4.39 Å². The van der Waals surface area contributed by atoms with E-state index < -0.39 is 5.82 Å². The normalized spacial score (nSPS) is 10.8. The monoisotopic (exact) mass is 291 g/mol. The average molecular weight is 292 g/mol. The Hall–Kier alpha value is -0.800. The van der Waals surface area contributed by atoms with Crippen molar-refractivity contribution in [1.29, 1.82) is 0 Å². The fourth-order valence-corrected chi connectivity index (χ4v) is 2.13. The van der Waals surface area contributed by atoms with Crippen LogP contribution in [0.2, 0.25) is 5.02 Å². The summed E-state index contributed by atoms with van der Waals surface area (Å²) in [6, 6.07) is 4.43. The Morgan fingerprint density at radius 2 is 2.11 bits per heavy atom. The Labute approximate surface area is 117 Å². The number of hydrogen-bond acceptors (Lipinski definition) is 1. The summed E-state index contributed by atoms with van der Waals surface area (Å²) in [5, 5.41) is 0.276. The van der Waals surface area contributed by atoms with Crippen LogP contribution in [-0.4, -0.2) is 29.3 Å². The lowest BCUT2D eigenvalue weighted by Gasteiger charge is -2.26. The Bertz CT molecular complexity index is 403. The predicted molar refractivity (Wildman–Crippen MR) is 72.7 cm³/mol. The molecule has 0 saturated carbocycles. The van der Waals surface area contributed by atoms with Crippen molar-refractivity contribution in [2.24, 2.45) is 0 Å². The maximum atomic E-state index is 13.6. The molecule has 0 spiro atoms. The molecule has 0 atom stereocenters.